The van der Waals surface area contributed by atoms with Gasteiger partial charge in [-0.2, -0.15) is 5.26 Å². The molecule has 0 N–H and O–H groups in total. The molecule has 1 aliphatic rings. The van der Waals surface area contributed by atoms with Gasteiger partial charge in [-0.1, -0.05) is 13.8 Å². The number of hydrogen-bond acceptors (Lipinski definition) is 4. The molecule has 16 heavy (non-hydrogen) atoms. The second-order valence-corrected chi connectivity index (χ2v) is 4.72. The van der Waals surface area contributed by atoms with Gasteiger partial charge in [0.2, 0.25) is 0 Å². The molecule has 2 rings (SSSR count). The van der Waals surface area contributed by atoms with E-state index in [1.165, 1.54) is 6.42 Å². The molecular formula is C12H16N4. The maximum atomic E-state index is 8.66. The zero-order valence-electron chi connectivity index (χ0n) is 9.72. The topological polar surface area (TPSA) is 52.8 Å². The largest absolute Gasteiger partial charge is 0.355 e. The Morgan fingerprint density at radius 2 is 1.94 bits per heavy atom. The molecule has 0 amide bonds. The van der Waals surface area contributed by atoms with Gasteiger partial charge in [0, 0.05) is 13.1 Å². The molecule has 1 aliphatic heterocycles. The summed E-state index contributed by atoms with van der Waals surface area (Å²) >= 11 is 0. The van der Waals surface area contributed by atoms with Crippen LogP contribution in [0, 0.1) is 23.2 Å². The summed E-state index contributed by atoms with van der Waals surface area (Å²) in [5, 5.41) is 8.66. The lowest BCUT2D eigenvalue weighted by Gasteiger charge is -2.35. The van der Waals surface area contributed by atoms with Crippen LogP contribution in [-0.4, -0.2) is 23.1 Å². The summed E-state index contributed by atoms with van der Waals surface area (Å²) in [7, 11) is 0. The Morgan fingerprint density at radius 3 is 2.44 bits per heavy atom. The third-order valence-corrected chi connectivity index (χ3v) is 2.95. The van der Waals surface area contributed by atoms with Gasteiger partial charge >= 0.3 is 0 Å². The van der Waals surface area contributed by atoms with Crippen LogP contribution in [0.5, 0.6) is 0 Å². The number of nitriles is 1. The highest BCUT2D eigenvalue weighted by atomic mass is 15.2. The molecule has 2 atom stereocenters. The molecular weight excluding hydrogens is 200 g/mol. The van der Waals surface area contributed by atoms with Gasteiger partial charge in [0.05, 0.1) is 12.4 Å². The summed E-state index contributed by atoms with van der Waals surface area (Å²) in [6, 6.07) is 1.98. The SMILES string of the molecule is CC1CC(C)CN(c2cnc(C#N)cn2)C1. The number of anilines is 1. The van der Waals surface area contributed by atoms with Crippen LogP contribution in [-0.2, 0) is 0 Å². The van der Waals surface area contributed by atoms with E-state index in [1.807, 2.05) is 6.07 Å². The fourth-order valence-electron chi connectivity index (χ4n) is 2.39. The second-order valence-electron chi connectivity index (χ2n) is 4.72. The molecule has 1 fully saturated rings. The molecule has 2 heterocycles. The van der Waals surface area contributed by atoms with E-state index in [0.717, 1.165) is 18.9 Å². The van der Waals surface area contributed by atoms with Crippen LogP contribution in [0.3, 0.4) is 0 Å². The first-order valence-corrected chi connectivity index (χ1v) is 5.66. The van der Waals surface area contributed by atoms with Crippen LogP contribution >= 0.6 is 0 Å². The zero-order chi connectivity index (χ0) is 11.5. The maximum absolute atomic E-state index is 8.66. The highest BCUT2D eigenvalue weighted by Crippen LogP contribution is 2.24. The quantitative estimate of drug-likeness (QED) is 0.718. The van der Waals surface area contributed by atoms with Gasteiger partial charge in [0.1, 0.15) is 11.9 Å². The summed E-state index contributed by atoms with van der Waals surface area (Å²) in [5.41, 5.74) is 0.377. The molecule has 2 unspecified atom stereocenters. The van der Waals surface area contributed by atoms with Crippen LogP contribution in [0.4, 0.5) is 5.82 Å². The van der Waals surface area contributed by atoms with Gasteiger partial charge in [-0.05, 0) is 18.3 Å². The first-order valence-electron chi connectivity index (χ1n) is 5.66. The fourth-order valence-corrected chi connectivity index (χ4v) is 2.39. The second kappa shape index (κ2) is 4.48. The lowest BCUT2D eigenvalue weighted by Crippen LogP contribution is -2.39. The van der Waals surface area contributed by atoms with Gasteiger partial charge < -0.3 is 4.90 Å². The Labute approximate surface area is 95.9 Å². The minimum absolute atomic E-state index is 0.377. The Hall–Kier alpha value is -1.63. The zero-order valence-corrected chi connectivity index (χ0v) is 9.72. The molecule has 1 aromatic heterocycles. The molecule has 0 spiro atoms. The minimum Gasteiger partial charge on any atom is -0.355 e. The first kappa shape index (κ1) is 10.9. The predicted octanol–water partition coefficient (Wildman–Crippen LogP) is 1.83. The molecule has 0 aliphatic carbocycles. The molecule has 84 valence electrons. The summed E-state index contributed by atoms with van der Waals surface area (Å²) in [6.45, 7) is 6.59. The molecule has 0 bridgehead atoms. The van der Waals surface area contributed by atoms with Crippen molar-refractivity contribution in [2.45, 2.75) is 20.3 Å². The molecule has 0 radical (unpaired) electrons. The van der Waals surface area contributed by atoms with E-state index < -0.39 is 0 Å². The van der Waals surface area contributed by atoms with Crippen molar-refractivity contribution in [1.82, 2.24) is 9.97 Å². The van der Waals surface area contributed by atoms with Crippen molar-refractivity contribution in [2.75, 3.05) is 18.0 Å². The van der Waals surface area contributed by atoms with E-state index in [1.54, 1.807) is 12.4 Å². The summed E-state index contributed by atoms with van der Waals surface area (Å²) in [4.78, 5) is 10.6. The molecule has 1 aromatic rings. The highest BCUT2D eigenvalue weighted by Gasteiger charge is 2.22. The Bertz CT molecular complexity index is 382. The van der Waals surface area contributed by atoms with Crippen molar-refractivity contribution in [3.8, 4) is 6.07 Å². The van der Waals surface area contributed by atoms with Gasteiger partial charge in [-0.3, -0.25) is 0 Å². The average molecular weight is 216 g/mol. The number of rotatable bonds is 1. The van der Waals surface area contributed by atoms with Crippen molar-refractivity contribution in [3.05, 3.63) is 18.1 Å². The third-order valence-electron chi connectivity index (χ3n) is 2.95. The van der Waals surface area contributed by atoms with E-state index in [9.17, 15) is 0 Å². The van der Waals surface area contributed by atoms with Crippen molar-refractivity contribution in [2.24, 2.45) is 11.8 Å². The highest BCUT2D eigenvalue weighted by molar-refractivity contribution is 5.37. The van der Waals surface area contributed by atoms with Crippen LogP contribution in [0.2, 0.25) is 0 Å². The van der Waals surface area contributed by atoms with Crippen LogP contribution in [0.1, 0.15) is 26.0 Å². The normalized spacial score (nSPS) is 25.2. The predicted molar refractivity (Wildman–Crippen MR) is 61.9 cm³/mol. The van der Waals surface area contributed by atoms with Gasteiger partial charge in [0.15, 0.2) is 5.69 Å². The number of piperidine rings is 1. The van der Waals surface area contributed by atoms with Gasteiger partial charge in [-0.25, -0.2) is 9.97 Å². The van der Waals surface area contributed by atoms with E-state index >= 15 is 0 Å². The lowest BCUT2D eigenvalue weighted by molar-refractivity contribution is 0.355. The Balaban J connectivity index is 2.14. The molecule has 4 nitrogen and oxygen atoms in total. The minimum atomic E-state index is 0.377. The van der Waals surface area contributed by atoms with Crippen molar-refractivity contribution < 1.29 is 0 Å². The lowest BCUT2D eigenvalue weighted by atomic mass is 9.92. The standard InChI is InChI=1S/C12H16N4/c1-9-3-10(2)8-16(7-9)12-6-14-11(4-13)5-15-12/h5-6,9-10H,3,7-8H2,1-2H3. The molecule has 4 heteroatoms. The Morgan fingerprint density at radius 1 is 1.25 bits per heavy atom. The van der Waals surface area contributed by atoms with Crippen LogP contribution in [0.25, 0.3) is 0 Å². The monoisotopic (exact) mass is 216 g/mol. The maximum Gasteiger partial charge on any atom is 0.158 e. The van der Waals surface area contributed by atoms with E-state index in [-0.39, 0.29) is 0 Å². The Kier molecular flexibility index (Phi) is 3.04. The number of aromatic nitrogens is 2. The van der Waals surface area contributed by atoms with Gasteiger partial charge in [-0.15, -0.1) is 0 Å². The van der Waals surface area contributed by atoms with Gasteiger partial charge in [0.25, 0.3) is 0 Å². The van der Waals surface area contributed by atoms with Crippen molar-refractivity contribution in [1.29, 1.82) is 5.26 Å². The molecule has 0 aromatic carbocycles. The number of hydrogen-bond donors (Lipinski definition) is 0. The van der Waals surface area contributed by atoms with Crippen molar-refractivity contribution in [3.63, 3.8) is 0 Å². The van der Waals surface area contributed by atoms with Crippen LogP contribution in [0.15, 0.2) is 12.4 Å². The number of nitrogens with zero attached hydrogens (tertiary/aromatic N) is 4. The van der Waals surface area contributed by atoms with E-state index in [0.29, 0.717) is 17.5 Å². The van der Waals surface area contributed by atoms with E-state index in [2.05, 4.69) is 28.7 Å². The van der Waals surface area contributed by atoms with Crippen LogP contribution < -0.4 is 4.90 Å². The van der Waals surface area contributed by atoms with Crippen molar-refractivity contribution >= 4 is 5.82 Å². The molecule has 0 saturated carbocycles. The first-order chi connectivity index (χ1) is 7.69. The van der Waals surface area contributed by atoms with E-state index in [4.69, 9.17) is 5.26 Å². The fraction of sp³-hybridized carbons (Fsp3) is 0.583. The third kappa shape index (κ3) is 2.30. The smallest absolute Gasteiger partial charge is 0.158 e. The summed E-state index contributed by atoms with van der Waals surface area (Å²) in [5.74, 6) is 2.28. The summed E-state index contributed by atoms with van der Waals surface area (Å²) in [6.07, 6.45) is 4.52. The summed E-state index contributed by atoms with van der Waals surface area (Å²) < 4.78 is 0. The molecule has 1 saturated heterocycles. The average Bonchev–Trinajstić information content (AvgIpc) is 2.28.